The molecule has 1 aromatic carbocycles. The Morgan fingerprint density at radius 2 is 1.80 bits per heavy atom. The fourth-order valence-electron chi connectivity index (χ4n) is 2.58. The van der Waals surface area contributed by atoms with Crippen LogP contribution in [-0.2, 0) is 13.0 Å². The Morgan fingerprint density at radius 1 is 1.08 bits per heavy atom. The van der Waals surface area contributed by atoms with Crippen LogP contribution in [0.2, 0.25) is 0 Å². The number of ether oxygens (including phenoxy) is 1. The Morgan fingerprint density at radius 3 is 2.36 bits per heavy atom. The molecule has 0 spiro atoms. The largest absolute Gasteiger partial charge is 0.481 e. The van der Waals surface area contributed by atoms with Gasteiger partial charge in [0, 0.05) is 32.4 Å². The summed E-state index contributed by atoms with van der Waals surface area (Å²) in [6, 6.07) is 10.5. The number of halogens is 1. The molecule has 0 bridgehead atoms. The number of guanidine groups is 1. The molecule has 2 N–H and O–H groups in total. The van der Waals surface area contributed by atoms with Crippen molar-refractivity contribution in [3.8, 4) is 5.88 Å². The number of rotatable bonds is 6. The van der Waals surface area contributed by atoms with Crippen molar-refractivity contribution >= 4 is 29.9 Å². The zero-order valence-corrected chi connectivity index (χ0v) is 17.6. The van der Waals surface area contributed by atoms with Gasteiger partial charge in [-0.25, -0.2) is 4.98 Å². The van der Waals surface area contributed by atoms with Crippen LogP contribution in [0.3, 0.4) is 0 Å². The Labute approximate surface area is 167 Å². The molecule has 0 saturated carbocycles. The van der Waals surface area contributed by atoms with Crippen LogP contribution < -0.4 is 15.4 Å². The van der Waals surface area contributed by atoms with E-state index < -0.39 is 0 Å². The van der Waals surface area contributed by atoms with E-state index in [0.29, 0.717) is 12.4 Å². The van der Waals surface area contributed by atoms with Crippen molar-refractivity contribution in [3.05, 3.63) is 58.8 Å². The van der Waals surface area contributed by atoms with Gasteiger partial charge in [0.15, 0.2) is 5.96 Å². The zero-order chi connectivity index (χ0) is 17.4. The summed E-state index contributed by atoms with van der Waals surface area (Å²) in [4.78, 5) is 8.45. The van der Waals surface area contributed by atoms with Gasteiger partial charge in [0.05, 0.1) is 7.11 Å². The predicted octanol–water partition coefficient (Wildman–Crippen LogP) is 3.23. The van der Waals surface area contributed by atoms with E-state index in [1.807, 2.05) is 12.1 Å². The third-order valence-corrected chi connectivity index (χ3v) is 3.68. The predicted molar refractivity (Wildman–Crippen MR) is 114 cm³/mol. The average molecular weight is 454 g/mol. The standard InChI is InChI=1S/C19H26N4O.HI/c1-14-9-15(2)11-16(10-14)7-8-21-19(20-3)23-13-17-5-6-18(24-4)22-12-17;/h5-6,9-12H,7-8,13H2,1-4H3,(H2,20,21,23);1H. The van der Waals surface area contributed by atoms with E-state index in [4.69, 9.17) is 4.74 Å². The monoisotopic (exact) mass is 454 g/mol. The molecular formula is C19H27IN4O. The maximum Gasteiger partial charge on any atom is 0.212 e. The highest BCUT2D eigenvalue weighted by Crippen LogP contribution is 2.09. The van der Waals surface area contributed by atoms with Crippen LogP contribution >= 0.6 is 24.0 Å². The molecule has 25 heavy (non-hydrogen) atoms. The Hall–Kier alpha value is -1.83. The topological polar surface area (TPSA) is 58.5 Å². The van der Waals surface area contributed by atoms with Gasteiger partial charge in [-0.05, 0) is 31.4 Å². The summed E-state index contributed by atoms with van der Waals surface area (Å²) in [5, 5.41) is 6.63. The van der Waals surface area contributed by atoms with E-state index in [1.54, 1.807) is 20.4 Å². The van der Waals surface area contributed by atoms with Crippen LogP contribution in [-0.4, -0.2) is 31.6 Å². The highest BCUT2D eigenvalue weighted by atomic mass is 127. The first-order valence-electron chi connectivity index (χ1n) is 8.11. The molecule has 6 heteroatoms. The number of aryl methyl sites for hydroxylation is 2. The van der Waals surface area contributed by atoms with Gasteiger partial charge in [0.1, 0.15) is 0 Å². The van der Waals surface area contributed by atoms with Crippen molar-refractivity contribution in [2.45, 2.75) is 26.8 Å². The van der Waals surface area contributed by atoms with E-state index in [9.17, 15) is 0 Å². The minimum atomic E-state index is 0. The number of nitrogens with zero attached hydrogens (tertiary/aromatic N) is 2. The summed E-state index contributed by atoms with van der Waals surface area (Å²) in [6.07, 6.45) is 2.77. The number of hydrogen-bond acceptors (Lipinski definition) is 3. The van der Waals surface area contributed by atoms with Crippen LogP contribution in [0, 0.1) is 13.8 Å². The number of nitrogens with one attached hydrogen (secondary N) is 2. The summed E-state index contributed by atoms with van der Waals surface area (Å²) in [7, 11) is 3.39. The first-order chi connectivity index (χ1) is 11.6. The van der Waals surface area contributed by atoms with E-state index in [1.165, 1.54) is 16.7 Å². The fraction of sp³-hybridized carbons (Fsp3) is 0.368. The van der Waals surface area contributed by atoms with Gasteiger partial charge in [-0.2, -0.15) is 0 Å². The Bertz CT molecular complexity index is 666. The smallest absolute Gasteiger partial charge is 0.212 e. The van der Waals surface area contributed by atoms with Crippen molar-refractivity contribution in [2.24, 2.45) is 4.99 Å². The van der Waals surface area contributed by atoms with Gasteiger partial charge in [0.25, 0.3) is 0 Å². The van der Waals surface area contributed by atoms with Crippen molar-refractivity contribution in [3.63, 3.8) is 0 Å². The molecule has 0 aliphatic heterocycles. The number of aromatic nitrogens is 1. The van der Waals surface area contributed by atoms with Crippen LogP contribution in [0.1, 0.15) is 22.3 Å². The SMILES string of the molecule is CN=C(NCCc1cc(C)cc(C)c1)NCc1ccc(OC)nc1.I. The molecule has 2 rings (SSSR count). The molecule has 0 amide bonds. The first kappa shape index (κ1) is 21.2. The molecule has 136 valence electrons. The third kappa shape index (κ3) is 7.29. The summed E-state index contributed by atoms with van der Waals surface area (Å²) in [5.41, 5.74) is 5.03. The van der Waals surface area contributed by atoms with E-state index in [0.717, 1.165) is 24.5 Å². The van der Waals surface area contributed by atoms with E-state index >= 15 is 0 Å². The van der Waals surface area contributed by atoms with Gasteiger partial charge in [-0.15, -0.1) is 24.0 Å². The van der Waals surface area contributed by atoms with Gasteiger partial charge in [-0.1, -0.05) is 35.4 Å². The molecule has 0 aliphatic carbocycles. The van der Waals surface area contributed by atoms with Crippen LogP contribution in [0.25, 0.3) is 0 Å². The molecule has 5 nitrogen and oxygen atoms in total. The van der Waals surface area contributed by atoms with Gasteiger partial charge >= 0.3 is 0 Å². The second kappa shape index (κ2) is 10.9. The molecule has 0 atom stereocenters. The highest BCUT2D eigenvalue weighted by Gasteiger charge is 2.01. The Balaban J connectivity index is 0.00000312. The molecule has 0 fully saturated rings. The van der Waals surface area contributed by atoms with Crippen LogP contribution in [0.15, 0.2) is 41.5 Å². The molecule has 0 aliphatic rings. The summed E-state index contributed by atoms with van der Waals surface area (Å²) in [6.45, 7) is 5.77. The summed E-state index contributed by atoms with van der Waals surface area (Å²) >= 11 is 0. The number of pyridine rings is 1. The Kier molecular flexibility index (Phi) is 9.26. The van der Waals surface area contributed by atoms with Crippen molar-refractivity contribution < 1.29 is 4.74 Å². The normalized spacial score (nSPS) is 10.8. The van der Waals surface area contributed by atoms with E-state index in [-0.39, 0.29) is 24.0 Å². The molecule has 0 saturated heterocycles. The van der Waals surface area contributed by atoms with Gasteiger partial charge < -0.3 is 15.4 Å². The van der Waals surface area contributed by atoms with Crippen LogP contribution in [0.4, 0.5) is 0 Å². The van der Waals surface area contributed by atoms with Crippen molar-refractivity contribution in [1.82, 2.24) is 15.6 Å². The van der Waals surface area contributed by atoms with E-state index in [2.05, 4.69) is 52.7 Å². The lowest BCUT2D eigenvalue weighted by Gasteiger charge is -2.12. The highest BCUT2D eigenvalue weighted by molar-refractivity contribution is 14.0. The first-order valence-corrected chi connectivity index (χ1v) is 8.11. The molecule has 0 radical (unpaired) electrons. The fourth-order valence-corrected chi connectivity index (χ4v) is 2.58. The molecule has 2 aromatic rings. The van der Waals surface area contributed by atoms with Crippen LogP contribution in [0.5, 0.6) is 5.88 Å². The molecule has 0 unspecified atom stereocenters. The third-order valence-electron chi connectivity index (χ3n) is 3.68. The van der Waals surface area contributed by atoms with Gasteiger partial charge in [-0.3, -0.25) is 4.99 Å². The number of benzene rings is 1. The maximum atomic E-state index is 5.06. The summed E-state index contributed by atoms with van der Waals surface area (Å²) < 4.78 is 5.06. The lowest BCUT2D eigenvalue weighted by molar-refractivity contribution is 0.397. The average Bonchev–Trinajstić information content (AvgIpc) is 2.57. The summed E-state index contributed by atoms with van der Waals surface area (Å²) in [5.74, 6) is 1.41. The molecule has 1 heterocycles. The zero-order valence-electron chi connectivity index (χ0n) is 15.3. The number of methoxy groups -OCH3 is 1. The second-order valence-electron chi connectivity index (χ2n) is 5.81. The van der Waals surface area contributed by atoms with Crippen molar-refractivity contribution in [1.29, 1.82) is 0 Å². The lowest BCUT2D eigenvalue weighted by Crippen LogP contribution is -2.37. The number of aliphatic imine (C=N–C) groups is 1. The number of hydrogen-bond donors (Lipinski definition) is 2. The minimum absolute atomic E-state index is 0. The quantitative estimate of drug-likeness (QED) is 0.400. The maximum absolute atomic E-state index is 5.06. The van der Waals surface area contributed by atoms with Crippen molar-refractivity contribution in [2.75, 3.05) is 20.7 Å². The molecular weight excluding hydrogens is 427 g/mol. The minimum Gasteiger partial charge on any atom is -0.481 e. The van der Waals surface area contributed by atoms with Gasteiger partial charge in [0.2, 0.25) is 5.88 Å². The lowest BCUT2D eigenvalue weighted by atomic mass is 10.1. The molecule has 1 aromatic heterocycles. The second-order valence-corrected chi connectivity index (χ2v) is 5.81.